The average molecular weight is 847 g/mol. The Bertz CT molecular complexity index is 2430. The standard InChI is InChI=1S/C44H44F2N10O4S/c1-30(2)56-39(36-5-3-16-48-41(36)61-42-49-17-4-18-50-42)24-55(43(56)57)34-9-7-32(8-10-34)52-19-21-53(22-20-52)33-11-13-35(14-12-33)58-25-40-59-27-44(60-40,26-54-29-47-28-51-54)37-15-6-31(45)23-38(37)46/h3-18,23,28-30,39-40H,19-22,24-27H2,1-2H3/t39?,40-,44+/m0/s1. The fourth-order valence-corrected chi connectivity index (χ4v) is 9.02. The van der Waals surface area contributed by atoms with Gasteiger partial charge in [-0.3, -0.25) is 4.90 Å². The number of hydrogen-bond donors (Lipinski definition) is 0. The van der Waals surface area contributed by atoms with E-state index in [4.69, 9.17) is 14.2 Å². The van der Waals surface area contributed by atoms with Crippen molar-refractivity contribution in [2.45, 2.75) is 54.5 Å². The molecule has 6 heterocycles. The smallest absolute Gasteiger partial charge is 0.325 e. The molecule has 0 N–H and O–H groups in total. The second kappa shape index (κ2) is 17.4. The zero-order valence-electron chi connectivity index (χ0n) is 33.6. The van der Waals surface area contributed by atoms with Crippen LogP contribution in [0.15, 0.2) is 126 Å². The Hall–Kier alpha value is -6.17. The third kappa shape index (κ3) is 8.58. The predicted octanol–water partition coefficient (Wildman–Crippen LogP) is 6.96. The maximum absolute atomic E-state index is 15.0. The van der Waals surface area contributed by atoms with E-state index < -0.39 is 23.5 Å². The van der Waals surface area contributed by atoms with Crippen LogP contribution in [0.2, 0.25) is 0 Å². The SMILES string of the molecule is CC(C)N1C(=O)N(c2ccc(N3CCN(c4ccc(OC[C@H]5OC[C@](Cn6cncn6)(c6ccc(F)cc6F)O5)cc4)CC3)cc2)CC1c1cccnc1Sc1ncccn1. The molecule has 61 heavy (non-hydrogen) atoms. The van der Waals surface area contributed by atoms with E-state index in [1.807, 2.05) is 72.2 Å². The van der Waals surface area contributed by atoms with Crippen LogP contribution in [-0.4, -0.2) is 98.9 Å². The quantitative estimate of drug-likeness (QED) is 0.112. The maximum atomic E-state index is 15.0. The van der Waals surface area contributed by atoms with Gasteiger partial charge in [-0.25, -0.2) is 38.2 Å². The fourth-order valence-electron chi connectivity index (χ4n) is 8.18. The first kappa shape index (κ1) is 40.2. The summed E-state index contributed by atoms with van der Waals surface area (Å²) in [4.78, 5) is 39.8. The van der Waals surface area contributed by atoms with Crippen molar-refractivity contribution >= 4 is 34.9 Å². The number of ether oxygens (including phenoxy) is 3. The molecular weight excluding hydrogens is 803 g/mol. The number of carbonyl (C=O) groups is 1. The highest BCUT2D eigenvalue weighted by Gasteiger charge is 2.46. The van der Waals surface area contributed by atoms with Crippen LogP contribution in [0.5, 0.6) is 5.75 Å². The lowest BCUT2D eigenvalue weighted by atomic mass is 9.94. The highest BCUT2D eigenvalue weighted by molar-refractivity contribution is 7.99. The zero-order chi connectivity index (χ0) is 41.9. The van der Waals surface area contributed by atoms with Crippen molar-refractivity contribution in [3.05, 3.63) is 139 Å². The zero-order valence-corrected chi connectivity index (χ0v) is 34.4. The van der Waals surface area contributed by atoms with Crippen molar-refractivity contribution in [3.63, 3.8) is 0 Å². The van der Waals surface area contributed by atoms with Gasteiger partial charge in [0.15, 0.2) is 11.4 Å². The Balaban J connectivity index is 0.791. The summed E-state index contributed by atoms with van der Waals surface area (Å²) >= 11 is 1.40. The van der Waals surface area contributed by atoms with E-state index in [9.17, 15) is 13.6 Å². The van der Waals surface area contributed by atoms with E-state index in [1.54, 1.807) is 24.7 Å². The molecular formula is C44H44F2N10O4S. The molecule has 0 saturated carbocycles. The number of anilines is 3. The number of aromatic nitrogens is 6. The first-order valence-corrected chi connectivity index (χ1v) is 20.9. The normalized spacial score (nSPS) is 20.6. The van der Waals surface area contributed by atoms with Crippen LogP contribution in [0, 0.1) is 11.6 Å². The Morgan fingerprint density at radius 2 is 1.56 bits per heavy atom. The first-order chi connectivity index (χ1) is 29.7. The number of urea groups is 1. The van der Waals surface area contributed by atoms with Gasteiger partial charge in [0.1, 0.15) is 47.3 Å². The summed E-state index contributed by atoms with van der Waals surface area (Å²) in [6.07, 6.45) is 7.28. The lowest BCUT2D eigenvalue weighted by molar-refractivity contribution is -0.117. The van der Waals surface area contributed by atoms with E-state index in [-0.39, 0.29) is 43.4 Å². The van der Waals surface area contributed by atoms with Gasteiger partial charge in [0.05, 0.1) is 25.7 Å². The summed E-state index contributed by atoms with van der Waals surface area (Å²) in [5, 5.41) is 5.54. The van der Waals surface area contributed by atoms with Gasteiger partial charge in [-0.15, -0.1) is 0 Å². The lowest BCUT2D eigenvalue weighted by Gasteiger charge is -2.37. The summed E-state index contributed by atoms with van der Waals surface area (Å²) < 4.78 is 48.5. The molecule has 0 spiro atoms. The number of carbonyl (C=O) groups excluding carboxylic acids is 1. The Morgan fingerprint density at radius 1 is 0.869 bits per heavy atom. The lowest BCUT2D eigenvalue weighted by Crippen LogP contribution is -2.46. The number of benzene rings is 3. The van der Waals surface area contributed by atoms with Crippen molar-refractivity contribution in [1.29, 1.82) is 0 Å². The van der Waals surface area contributed by atoms with Gasteiger partial charge < -0.3 is 28.9 Å². The minimum Gasteiger partial charge on any atom is -0.488 e. The first-order valence-electron chi connectivity index (χ1n) is 20.1. The molecule has 14 nitrogen and oxygen atoms in total. The van der Waals surface area contributed by atoms with Gasteiger partial charge in [0.2, 0.25) is 0 Å². The van der Waals surface area contributed by atoms with Crippen LogP contribution in [0.25, 0.3) is 0 Å². The average Bonchev–Trinajstić information content (AvgIpc) is 4.03. The maximum Gasteiger partial charge on any atom is 0.325 e. The van der Waals surface area contributed by atoms with Gasteiger partial charge in [-0.05, 0) is 92.3 Å². The van der Waals surface area contributed by atoms with Crippen LogP contribution in [0.1, 0.15) is 31.0 Å². The second-order valence-electron chi connectivity index (χ2n) is 15.3. The third-order valence-corrected chi connectivity index (χ3v) is 12.1. The van der Waals surface area contributed by atoms with Crippen LogP contribution in [0.4, 0.5) is 30.6 Å². The topological polar surface area (TPSA) is 127 Å². The summed E-state index contributed by atoms with van der Waals surface area (Å²) in [7, 11) is 0. The van der Waals surface area contributed by atoms with Crippen LogP contribution >= 0.6 is 11.8 Å². The van der Waals surface area contributed by atoms with Gasteiger partial charge in [-0.2, -0.15) is 5.10 Å². The number of hydrogen-bond acceptors (Lipinski definition) is 12. The van der Waals surface area contributed by atoms with Crippen molar-refractivity contribution in [2.24, 2.45) is 0 Å². The van der Waals surface area contributed by atoms with Crippen LogP contribution in [0.3, 0.4) is 0 Å². The van der Waals surface area contributed by atoms with Crippen molar-refractivity contribution < 1.29 is 27.8 Å². The summed E-state index contributed by atoms with van der Waals surface area (Å²) in [6, 6.07) is 25.1. The molecule has 3 aliphatic rings. The van der Waals surface area contributed by atoms with Crippen LogP contribution < -0.4 is 19.4 Å². The van der Waals surface area contributed by atoms with Crippen molar-refractivity contribution in [1.82, 2.24) is 34.6 Å². The number of pyridine rings is 1. The molecule has 3 aromatic heterocycles. The van der Waals surface area contributed by atoms with Crippen LogP contribution in [-0.2, 0) is 21.6 Å². The molecule has 17 heteroatoms. The minimum atomic E-state index is -1.25. The molecule has 3 aromatic carbocycles. The molecule has 3 fully saturated rings. The van der Waals surface area contributed by atoms with Gasteiger partial charge in [-0.1, -0.05) is 12.1 Å². The fraction of sp³-hybridized carbons (Fsp3) is 0.318. The molecule has 3 aliphatic heterocycles. The third-order valence-electron chi connectivity index (χ3n) is 11.1. The summed E-state index contributed by atoms with van der Waals surface area (Å²) in [5.41, 5.74) is 2.94. The molecule has 6 aromatic rings. The van der Waals surface area contributed by atoms with E-state index in [0.717, 1.165) is 59.9 Å². The highest BCUT2D eigenvalue weighted by atomic mass is 32.2. The minimum absolute atomic E-state index is 0.0181. The summed E-state index contributed by atoms with van der Waals surface area (Å²) in [6.45, 7) is 8.11. The molecule has 3 saturated heterocycles. The molecule has 0 bridgehead atoms. The number of rotatable bonds is 13. The van der Waals surface area contributed by atoms with Crippen molar-refractivity contribution in [2.75, 3.05) is 60.6 Å². The van der Waals surface area contributed by atoms with E-state index in [2.05, 4.69) is 47.0 Å². The van der Waals surface area contributed by atoms with E-state index >= 15 is 0 Å². The Labute approximate surface area is 356 Å². The predicted molar refractivity (Wildman–Crippen MR) is 225 cm³/mol. The van der Waals surface area contributed by atoms with Crippen molar-refractivity contribution in [3.8, 4) is 5.75 Å². The molecule has 9 rings (SSSR count). The monoisotopic (exact) mass is 846 g/mol. The number of halogens is 2. The van der Waals surface area contributed by atoms with E-state index in [1.165, 1.54) is 41.2 Å². The highest BCUT2D eigenvalue weighted by Crippen LogP contribution is 2.40. The number of amides is 2. The van der Waals surface area contributed by atoms with Gasteiger partial charge in [0.25, 0.3) is 0 Å². The molecule has 1 unspecified atom stereocenters. The Morgan fingerprint density at radius 3 is 2.23 bits per heavy atom. The van der Waals surface area contributed by atoms with Gasteiger partial charge in [0, 0.05) is 85.1 Å². The molecule has 3 atom stereocenters. The number of piperazine rings is 1. The largest absolute Gasteiger partial charge is 0.488 e. The number of nitrogens with zero attached hydrogens (tertiary/aromatic N) is 10. The summed E-state index contributed by atoms with van der Waals surface area (Å²) in [5.74, 6) is -0.768. The molecule has 0 aliphatic carbocycles. The Kier molecular flexibility index (Phi) is 11.5. The molecule has 2 amide bonds. The van der Waals surface area contributed by atoms with E-state index in [0.29, 0.717) is 17.5 Å². The van der Waals surface area contributed by atoms with Gasteiger partial charge >= 0.3 is 6.03 Å². The molecule has 314 valence electrons. The second-order valence-corrected chi connectivity index (χ2v) is 16.3. The molecule has 0 radical (unpaired) electrons.